The number of halogens is 1. The molecule has 1 N–H and O–H groups in total. The number of thioether (sulfide) groups is 1. The van der Waals surface area contributed by atoms with Gasteiger partial charge in [0.05, 0.1) is 16.2 Å². The van der Waals surface area contributed by atoms with E-state index in [1.807, 2.05) is 24.3 Å². The van der Waals surface area contributed by atoms with E-state index in [0.717, 1.165) is 48.1 Å². The van der Waals surface area contributed by atoms with Crippen molar-refractivity contribution in [3.63, 3.8) is 0 Å². The second-order valence-electron chi connectivity index (χ2n) is 8.05. The molecule has 0 unspecified atom stereocenters. The van der Waals surface area contributed by atoms with Gasteiger partial charge in [0.15, 0.2) is 4.32 Å². The lowest BCUT2D eigenvalue weighted by atomic mass is 10.1. The van der Waals surface area contributed by atoms with Crippen molar-refractivity contribution < 1.29 is 14.4 Å². The minimum absolute atomic E-state index is 0.165. The molecule has 4 rings (SSSR count). The van der Waals surface area contributed by atoms with Gasteiger partial charge in [0, 0.05) is 22.7 Å². The first-order chi connectivity index (χ1) is 16.4. The van der Waals surface area contributed by atoms with Crippen molar-refractivity contribution in [1.82, 2.24) is 10.4 Å². The maximum Gasteiger partial charge on any atom is 0.286 e. The van der Waals surface area contributed by atoms with E-state index in [2.05, 4.69) is 12.3 Å². The Balaban J connectivity index is 1.57. The predicted octanol–water partition coefficient (Wildman–Crippen LogP) is 5.57. The predicted molar refractivity (Wildman–Crippen MR) is 140 cm³/mol. The first kappa shape index (κ1) is 24.4. The summed E-state index contributed by atoms with van der Waals surface area (Å²) >= 11 is 12.3. The number of fused-ring (bicyclic) bond motifs is 1. The van der Waals surface area contributed by atoms with Crippen molar-refractivity contribution >= 4 is 68.9 Å². The Morgan fingerprint density at radius 1 is 1.00 bits per heavy atom. The van der Waals surface area contributed by atoms with Crippen LogP contribution in [-0.4, -0.2) is 33.6 Å². The summed E-state index contributed by atoms with van der Waals surface area (Å²) in [6.07, 6.45) is 5.42. The number of anilines is 1. The highest BCUT2D eigenvalue weighted by Gasteiger charge is 2.42. The maximum atomic E-state index is 13.4. The lowest BCUT2D eigenvalue weighted by Crippen LogP contribution is -2.45. The molecule has 9 heteroatoms. The number of carbonyl (C=O) groups is 3. The Labute approximate surface area is 213 Å². The van der Waals surface area contributed by atoms with Gasteiger partial charge in [-0.25, -0.2) is 0 Å². The van der Waals surface area contributed by atoms with Crippen LogP contribution in [0.25, 0.3) is 5.57 Å². The third-order valence-corrected chi connectivity index (χ3v) is 7.35. The fraction of sp³-hybridized carbons (Fsp3) is 0.280. The fourth-order valence-electron chi connectivity index (χ4n) is 3.98. The van der Waals surface area contributed by atoms with Crippen LogP contribution in [0.1, 0.15) is 54.9 Å². The summed E-state index contributed by atoms with van der Waals surface area (Å²) in [5.41, 5.74) is 4.74. The minimum atomic E-state index is -0.514. The smallest absolute Gasteiger partial charge is 0.286 e. The first-order valence-electron chi connectivity index (χ1n) is 11.2. The average molecular weight is 514 g/mol. The van der Waals surface area contributed by atoms with Crippen LogP contribution in [0.2, 0.25) is 5.02 Å². The lowest BCUT2D eigenvalue weighted by molar-refractivity contribution is -0.124. The largest absolute Gasteiger partial charge is 0.308 e. The van der Waals surface area contributed by atoms with Crippen LogP contribution in [0.15, 0.2) is 53.4 Å². The number of thiocarbonyl (C=S) groups is 1. The molecule has 0 aromatic heterocycles. The SMILES string of the molecule is CCCCCCCN1C(=O)/C(=C2\SC(=S)N(NC(=O)c3ccc(Cl)cc3)C2=O)c2ccccc21. The molecule has 0 aliphatic carbocycles. The van der Waals surface area contributed by atoms with Gasteiger partial charge in [-0.1, -0.05) is 74.2 Å². The van der Waals surface area contributed by atoms with E-state index in [1.165, 1.54) is 6.42 Å². The normalized spacial score (nSPS) is 17.5. The van der Waals surface area contributed by atoms with Crippen molar-refractivity contribution in [2.24, 2.45) is 0 Å². The molecule has 2 aliphatic heterocycles. The van der Waals surface area contributed by atoms with Crippen molar-refractivity contribution in [3.8, 4) is 0 Å². The molecule has 2 aromatic carbocycles. The third kappa shape index (κ3) is 4.89. The number of hydrazine groups is 1. The van der Waals surface area contributed by atoms with Crippen molar-refractivity contribution in [1.29, 1.82) is 0 Å². The first-order valence-corrected chi connectivity index (χ1v) is 12.8. The number of amides is 3. The summed E-state index contributed by atoms with van der Waals surface area (Å²) in [5, 5.41) is 1.53. The average Bonchev–Trinajstić information content (AvgIpc) is 3.26. The molecule has 0 bridgehead atoms. The van der Waals surface area contributed by atoms with E-state index in [4.69, 9.17) is 23.8 Å². The zero-order chi connectivity index (χ0) is 24.2. The molecule has 0 spiro atoms. The summed E-state index contributed by atoms with van der Waals surface area (Å²) in [6.45, 7) is 2.76. The standard InChI is InChI=1S/C25H24ClN3O3S2/c1-2-3-4-5-8-15-28-19-10-7-6-9-18(19)20(23(28)31)21-24(32)29(25(33)34-21)27-22(30)16-11-13-17(26)14-12-16/h6-7,9-14H,2-5,8,15H2,1H3,(H,27,30)/b21-20-. The number of hydrogen-bond donors (Lipinski definition) is 1. The number of hydrogen-bond acceptors (Lipinski definition) is 5. The van der Waals surface area contributed by atoms with Crippen LogP contribution in [-0.2, 0) is 9.59 Å². The summed E-state index contributed by atoms with van der Waals surface area (Å²) < 4.78 is 0.165. The molecular formula is C25H24ClN3O3S2. The summed E-state index contributed by atoms with van der Waals surface area (Å²) in [4.78, 5) is 41.3. The number of nitrogens with zero attached hydrogens (tertiary/aromatic N) is 2. The Morgan fingerprint density at radius 3 is 2.44 bits per heavy atom. The molecule has 2 aromatic rings. The number of unbranched alkanes of at least 4 members (excludes halogenated alkanes) is 4. The van der Waals surface area contributed by atoms with E-state index in [9.17, 15) is 14.4 Å². The summed E-state index contributed by atoms with van der Waals surface area (Å²) in [6, 6.07) is 13.8. The van der Waals surface area contributed by atoms with Gasteiger partial charge < -0.3 is 4.90 Å². The zero-order valence-corrected chi connectivity index (χ0v) is 21.1. The molecule has 0 radical (unpaired) electrons. The van der Waals surface area contributed by atoms with Gasteiger partial charge in [0.1, 0.15) is 0 Å². The van der Waals surface area contributed by atoms with E-state index in [1.54, 1.807) is 29.2 Å². The van der Waals surface area contributed by atoms with Crippen LogP contribution < -0.4 is 10.3 Å². The third-order valence-electron chi connectivity index (χ3n) is 5.72. The molecule has 0 atom stereocenters. The molecule has 3 amide bonds. The molecule has 0 saturated carbocycles. The lowest BCUT2D eigenvalue weighted by Gasteiger charge is -2.17. The van der Waals surface area contributed by atoms with E-state index < -0.39 is 11.8 Å². The van der Waals surface area contributed by atoms with Gasteiger partial charge >= 0.3 is 0 Å². The highest BCUT2D eigenvalue weighted by Crippen LogP contribution is 2.44. The van der Waals surface area contributed by atoms with Gasteiger partial charge in [-0.15, -0.1) is 0 Å². The molecule has 2 aliphatic rings. The molecule has 1 fully saturated rings. The molecule has 1 saturated heterocycles. The highest BCUT2D eigenvalue weighted by atomic mass is 35.5. The Kier molecular flexibility index (Phi) is 7.70. The number of rotatable bonds is 8. The summed E-state index contributed by atoms with van der Waals surface area (Å²) in [5.74, 6) is -1.22. The van der Waals surface area contributed by atoms with Gasteiger partial charge in [-0.05, 0) is 49.0 Å². The van der Waals surface area contributed by atoms with E-state index in [0.29, 0.717) is 28.3 Å². The molecule has 176 valence electrons. The Morgan fingerprint density at radius 2 is 1.71 bits per heavy atom. The Bertz CT molecular complexity index is 1180. The van der Waals surface area contributed by atoms with Gasteiger partial charge in [-0.3, -0.25) is 19.8 Å². The van der Waals surface area contributed by atoms with Crippen LogP contribution in [0, 0.1) is 0 Å². The number of nitrogens with one attached hydrogen (secondary N) is 1. The van der Waals surface area contributed by atoms with Crippen LogP contribution >= 0.6 is 35.6 Å². The number of carbonyl (C=O) groups excluding carboxylic acids is 3. The second-order valence-corrected chi connectivity index (χ2v) is 10.1. The van der Waals surface area contributed by atoms with Crippen LogP contribution in [0.3, 0.4) is 0 Å². The monoisotopic (exact) mass is 513 g/mol. The highest BCUT2D eigenvalue weighted by molar-refractivity contribution is 8.26. The molecular weight excluding hydrogens is 490 g/mol. The molecule has 2 heterocycles. The number of para-hydroxylation sites is 1. The molecule has 34 heavy (non-hydrogen) atoms. The maximum absolute atomic E-state index is 13.4. The second kappa shape index (κ2) is 10.7. The molecule has 6 nitrogen and oxygen atoms in total. The van der Waals surface area contributed by atoms with Crippen LogP contribution in [0.5, 0.6) is 0 Å². The van der Waals surface area contributed by atoms with Crippen molar-refractivity contribution in [2.75, 3.05) is 11.4 Å². The zero-order valence-electron chi connectivity index (χ0n) is 18.7. The van der Waals surface area contributed by atoms with E-state index >= 15 is 0 Å². The fourth-order valence-corrected chi connectivity index (χ4v) is 5.35. The number of benzene rings is 2. The van der Waals surface area contributed by atoms with Gasteiger partial charge in [-0.2, -0.15) is 5.01 Å². The summed E-state index contributed by atoms with van der Waals surface area (Å²) in [7, 11) is 0. The van der Waals surface area contributed by atoms with Gasteiger partial charge in [0.25, 0.3) is 17.7 Å². The van der Waals surface area contributed by atoms with Gasteiger partial charge in [0.2, 0.25) is 0 Å². The minimum Gasteiger partial charge on any atom is -0.308 e. The van der Waals surface area contributed by atoms with Crippen molar-refractivity contribution in [3.05, 3.63) is 69.6 Å². The van der Waals surface area contributed by atoms with Crippen molar-refractivity contribution in [2.45, 2.75) is 39.0 Å². The van der Waals surface area contributed by atoms with Crippen LogP contribution in [0.4, 0.5) is 5.69 Å². The quantitative estimate of drug-likeness (QED) is 0.284. The topological polar surface area (TPSA) is 69.7 Å². The Hall–Kier alpha value is -2.68. The van der Waals surface area contributed by atoms with E-state index in [-0.39, 0.29) is 15.1 Å².